The third kappa shape index (κ3) is 3.57. The van der Waals surface area contributed by atoms with Crippen LogP contribution in [-0.4, -0.2) is 56.2 Å². The number of carbonyl (C=O) groups excluding carboxylic acids is 1. The van der Waals surface area contributed by atoms with Crippen molar-refractivity contribution in [2.75, 3.05) is 19.7 Å². The summed E-state index contributed by atoms with van der Waals surface area (Å²) in [5.74, 6) is -0.224. The van der Waals surface area contributed by atoms with Crippen LogP contribution in [-0.2, 0) is 13.6 Å². The van der Waals surface area contributed by atoms with E-state index in [9.17, 15) is 9.90 Å². The van der Waals surface area contributed by atoms with Crippen LogP contribution in [0, 0.1) is 5.92 Å². The smallest absolute Gasteiger partial charge is 0.271 e. The lowest BCUT2D eigenvalue weighted by Crippen LogP contribution is -2.41. The first-order chi connectivity index (χ1) is 11.2. The summed E-state index contributed by atoms with van der Waals surface area (Å²) in [7, 11) is 2.02. The van der Waals surface area contributed by atoms with Crippen LogP contribution in [0.15, 0.2) is 36.9 Å². The summed E-state index contributed by atoms with van der Waals surface area (Å²) in [4.78, 5) is 22.4. The highest BCUT2D eigenvalue weighted by atomic mass is 16.3. The van der Waals surface area contributed by atoms with E-state index in [1.807, 2.05) is 19.3 Å². The van der Waals surface area contributed by atoms with Crippen molar-refractivity contribution >= 4 is 5.91 Å². The first-order valence-electron chi connectivity index (χ1n) is 7.67. The minimum Gasteiger partial charge on any atom is -0.396 e. The van der Waals surface area contributed by atoms with Gasteiger partial charge in [-0.2, -0.15) is 0 Å². The van der Waals surface area contributed by atoms with Crippen LogP contribution in [0.4, 0.5) is 0 Å². The Morgan fingerprint density at radius 1 is 1.43 bits per heavy atom. The molecular weight excluding hydrogens is 294 g/mol. The SMILES string of the molecule is Cn1cccc1CN1C[C@@H](CO)[C@H](NC(=O)c2cnccn2)C1. The molecule has 7 heteroatoms. The summed E-state index contributed by atoms with van der Waals surface area (Å²) in [6.07, 6.45) is 6.49. The molecule has 2 aromatic rings. The second kappa shape index (κ2) is 6.89. The van der Waals surface area contributed by atoms with E-state index in [0.717, 1.165) is 13.1 Å². The molecule has 23 heavy (non-hydrogen) atoms. The van der Waals surface area contributed by atoms with E-state index in [0.29, 0.717) is 12.2 Å². The average molecular weight is 315 g/mol. The lowest BCUT2D eigenvalue weighted by molar-refractivity contribution is 0.0915. The third-order valence-electron chi connectivity index (χ3n) is 4.30. The second-order valence-corrected chi connectivity index (χ2v) is 5.92. The fourth-order valence-electron chi connectivity index (χ4n) is 2.99. The van der Waals surface area contributed by atoms with Gasteiger partial charge in [0.15, 0.2) is 0 Å². The fourth-order valence-corrected chi connectivity index (χ4v) is 2.99. The van der Waals surface area contributed by atoms with Gasteiger partial charge in [0.25, 0.3) is 5.91 Å². The van der Waals surface area contributed by atoms with Gasteiger partial charge < -0.3 is 15.0 Å². The molecule has 0 unspecified atom stereocenters. The first-order valence-corrected chi connectivity index (χ1v) is 7.67. The molecule has 0 saturated carbocycles. The van der Waals surface area contributed by atoms with E-state index in [4.69, 9.17) is 0 Å². The van der Waals surface area contributed by atoms with E-state index in [1.165, 1.54) is 24.3 Å². The zero-order valence-electron chi connectivity index (χ0n) is 13.1. The predicted octanol–water partition coefficient (Wildman–Crippen LogP) is 0.0378. The number of hydrogen-bond donors (Lipinski definition) is 2. The maximum atomic E-state index is 12.2. The van der Waals surface area contributed by atoms with Gasteiger partial charge in [-0.1, -0.05) is 0 Å². The molecule has 0 aliphatic carbocycles. The van der Waals surface area contributed by atoms with E-state index in [-0.39, 0.29) is 24.5 Å². The van der Waals surface area contributed by atoms with Crippen LogP contribution in [0.25, 0.3) is 0 Å². The Labute approximate surface area is 135 Å². The Morgan fingerprint density at radius 2 is 2.30 bits per heavy atom. The van der Waals surface area contributed by atoms with Gasteiger partial charge >= 0.3 is 0 Å². The van der Waals surface area contributed by atoms with Gasteiger partial charge in [-0.3, -0.25) is 14.7 Å². The molecule has 2 aromatic heterocycles. The number of hydrogen-bond acceptors (Lipinski definition) is 5. The number of aromatic nitrogens is 3. The van der Waals surface area contributed by atoms with Crippen LogP contribution >= 0.6 is 0 Å². The van der Waals surface area contributed by atoms with Gasteiger partial charge in [0.1, 0.15) is 5.69 Å². The first kappa shape index (κ1) is 15.6. The largest absolute Gasteiger partial charge is 0.396 e. The Kier molecular flexibility index (Phi) is 4.68. The average Bonchev–Trinajstić information content (AvgIpc) is 3.15. The number of nitrogens with one attached hydrogen (secondary N) is 1. The van der Waals surface area contributed by atoms with Gasteiger partial charge in [0.05, 0.1) is 6.20 Å². The van der Waals surface area contributed by atoms with Crippen LogP contribution in [0.5, 0.6) is 0 Å². The zero-order valence-corrected chi connectivity index (χ0v) is 13.1. The quantitative estimate of drug-likeness (QED) is 0.814. The van der Waals surface area contributed by atoms with Crippen LogP contribution in [0.3, 0.4) is 0 Å². The Morgan fingerprint density at radius 3 is 2.96 bits per heavy atom. The van der Waals surface area contributed by atoms with Gasteiger partial charge in [0, 0.05) is 69.5 Å². The summed E-state index contributed by atoms with van der Waals surface area (Å²) in [6.45, 7) is 2.32. The van der Waals surface area contributed by atoms with Crippen LogP contribution in [0.2, 0.25) is 0 Å². The van der Waals surface area contributed by atoms with Crippen molar-refractivity contribution in [3.8, 4) is 0 Å². The molecule has 1 fully saturated rings. The van der Waals surface area contributed by atoms with Crippen molar-refractivity contribution < 1.29 is 9.90 Å². The molecule has 0 bridgehead atoms. The molecule has 1 aliphatic rings. The minimum absolute atomic E-state index is 0.0240. The topological polar surface area (TPSA) is 83.3 Å². The number of likely N-dealkylation sites (tertiary alicyclic amines) is 1. The molecule has 0 aromatic carbocycles. The molecule has 3 rings (SSSR count). The molecule has 2 atom stereocenters. The van der Waals surface area contributed by atoms with E-state index in [2.05, 4.69) is 30.8 Å². The highest BCUT2D eigenvalue weighted by Gasteiger charge is 2.33. The Hall–Kier alpha value is -2.25. The van der Waals surface area contributed by atoms with Crippen molar-refractivity contribution in [3.63, 3.8) is 0 Å². The lowest BCUT2D eigenvalue weighted by atomic mass is 10.1. The van der Waals surface area contributed by atoms with Gasteiger partial charge in [0.2, 0.25) is 0 Å². The van der Waals surface area contributed by atoms with Gasteiger partial charge in [-0.05, 0) is 12.1 Å². The van der Waals surface area contributed by atoms with Crippen LogP contribution < -0.4 is 5.32 Å². The van der Waals surface area contributed by atoms with E-state index < -0.39 is 0 Å². The summed E-state index contributed by atoms with van der Waals surface area (Å²) < 4.78 is 2.08. The van der Waals surface area contributed by atoms with Crippen molar-refractivity contribution in [1.29, 1.82) is 0 Å². The second-order valence-electron chi connectivity index (χ2n) is 5.92. The molecule has 0 radical (unpaired) electrons. The maximum absolute atomic E-state index is 12.2. The summed E-state index contributed by atoms with van der Waals surface area (Å²) >= 11 is 0. The lowest BCUT2D eigenvalue weighted by Gasteiger charge is -2.18. The highest BCUT2D eigenvalue weighted by Crippen LogP contribution is 2.19. The number of nitrogens with zero attached hydrogens (tertiary/aromatic N) is 4. The van der Waals surface area contributed by atoms with E-state index in [1.54, 1.807) is 0 Å². The molecule has 122 valence electrons. The summed E-state index contributed by atoms with van der Waals surface area (Å²) in [6, 6.07) is 4.01. The number of aryl methyl sites for hydroxylation is 1. The summed E-state index contributed by atoms with van der Waals surface area (Å²) in [5, 5.41) is 12.6. The molecule has 1 amide bonds. The zero-order chi connectivity index (χ0) is 16.2. The van der Waals surface area contributed by atoms with Crippen molar-refractivity contribution in [1.82, 2.24) is 24.8 Å². The molecule has 1 saturated heterocycles. The number of aliphatic hydroxyl groups is 1. The van der Waals surface area contributed by atoms with Crippen molar-refractivity contribution in [2.45, 2.75) is 12.6 Å². The highest BCUT2D eigenvalue weighted by molar-refractivity contribution is 5.92. The molecule has 2 N–H and O–H groups in total. The number of amides is 1. The molecule has 3 heterocycles. The number of aliphatic hydroxyl groups excluding tert-OH is 1. The van der Waals surface area contributed by atoms with E-state index >= 15 is 0 Å². The molecule has 7 nitrogen and oxygen atoms in total. The molecule has 1 aliphatic heterocycles. The Balaban J connectivity index is 1.63. The third-order valence-corrected chi connectivity index (χ3v) is 4.30. The Bertz CT molecular complexity index is 658. The van der Waals surface area contributed by atoms with Crippen LogP contribution in [0.1, 0.15) is 16.2 Å². The minimum atomic E-state index is -0.248. The fraction of sp³-hybridized carbons (Fsp3) is 0.438. The van der Waals surface area contributed by atoms with Crippen molar-refractivity contribution in [2.24, 2.45) is 13.0 Å². The predicted molar refractivity (Wildman–Crippen MR) is 84.6 cm³/mol. The molecule has 0 spiro atoms. The van der Waals surface area contributed by atoms with Crippen molar-refractivity contribution in [3.05, 3.63) is 48.3 Å². The van der Waals surface area contributed by atoms with Gasteiger partial charge in [-0.25, -0.2) is 4.98 Å². The standard InChI is InChI=1S/C16H21N5O2/c1-20-6-2-3-13(20)9-21-8-12(11-22)15(10-21)19-16(23)14-7-17-4-5-18-14/h2-7,12,15,22H,8-11H2,1H3,(H,19,23)/t12-,15+/m0/s1. The summed E-state index contributed by atoms with van der Waals surface area (Å²) in [5.41, 5.74) is 1.51. The monoisotopic (exact) mass is 315 g/mol. The number of carbonyl (C=O) groups is 1. The van der Waals surface area contributed by atoms with Gasteiger partial charge in [-0.15, -0.1) is 0 Å². The maximum Gasteiger partial charge on any atom is 0.271 e. The number of rotatable bonds is 5. The normalized spacial score (nSPS) is 21.5. The molecular formula is C16H21N5O2.